The van der Waals surface area contributed by atoms with Gasteiger partial charge in [0.2, 0.25) is 0 Å². The van der Waals surface area contributed by atoms with Gasteiger partial charge in [-0.25, -0.2) is 0 Å². The number of hydrogen-bond acceptors (Lipinski definition) is 2. The van der Waals surface area contributed by atoms with Crippen molar-refractivity contribution in [2.75, 3.05) is 0 Å². The van der Waals surface area contributed by atoms with Crippen molar-refractivity contribution in [3.05, 3.63) is 0 Å². The average molecular weight is 1020 g/mol. The summed E-state index contributed by atoms with van der Waals surface area (Å²) < 4.78 is 468. The predicted octanol–water partition coefficient (Wildman–Crippen LogP) is 9.46. The van der Waals surface area contributed by atoms with Gasteiger partial charge in [0.05, 0.1) is 0 Å². The minimum Gasteiger partial charge on any atom is -0.544 e. The van der Waals surface area contributed by atoms with Crippen molar-refractivity contribution >= 4 is 5.97 Å². The van der Waals surface area contributed by atoms with Gasteiger partial charge in [0.25, 0.3) is 0 Å². The Kier molecular flexibility index (Phi) is 13.4. The first-order valence-electron chi connectivity index (χ1n) is 11.3. The average Bonchev–Trinajstić information content (AvgIpc) is 2.94. The van der Waals surface area contributed by atoms with Gasteiger partial charge >= 0.3 is 123 Å². The molecule has 0 atom stereocenters. The van der Waals surface area contributed by atoms with E-state index in [4.69, 9.17) is 0 Å². The van der Waals surface area contributed by atoms with Gasteiger partial charge in [0, 0.05) is 0 Å². The normalized spacial score (nSPS) is 16.8. The smallest absolute Gasteiger partial charge is 0.544 e. The van der Waals surface area contributed by atoms with Crippen molar-refractivity contribution < 1.29 is 186 Å². The van der Waals surface area contributed by atoms with Gasteiger partial charge in [-0.2, -0.15) is 154 Å². The van der Waals surface area contributed by atoms with Crippen molar-refractivity contribution in [1.82, 2.24) is 0 Å². The van der Waals surface area contributed by atoms with E-state index < -0.39 is 107 Å². The Morgan fingerprint density at radius 3 is 0.446 bits per heavy atom. The molecule has 0 spiro atoms. The SMILES string of the molecule is O=C([O-])C(F)(F)C(F)(F)C(F)(F)C(F)(F)C(F)(F)C(F)(F)C(F)(F)C(F)(F)C(F)(F)C(F)(F)C(F)(F)C(F)(F)C(F)(F)C(F)(F)C(F)(F)C(F)(F)C(F)(F)F.[Ag+]. The zero-order valence-electron chi connectivity index (χ0n) is 23.3. The summed E-state index contributed by atoms with van der Waals surface area (Å²) in [7, 11) is 0. The van der Waals surface area contributed by atoms with E-state index in [-0.39, 0.29) is 22.4 Å². The Morgan fingerprint density at radius 2 is 0.339 bits per heavy atom. The third-order valence-electron chi connectivity index (χ3n) is 6.53. The maximum absolute atomic E-state index is 13.8. The molecule has 0 aliphatic carbocycles. The first-order valence-corrected chi connectivity index (χ1v) is 11.3. The van der Waals surface area contributed by atoms with Crippen LogP contribution in [0.1, 0.15) is 0 Å². The second-order valence-electron chi connectivity index (χ2n) is 9.98. The van der Waals surface area contributed by atoms with Crippen molar-refractivity contribution in [2.45, 2.75) is 101 Å². The molecule has 56 heavy (non-hydrogen) atoms. The van der Waals surface area contributed by atoms with Crippen LogP contribution in [0.3, 0.4) is 0 Å². The Labute approximate surface area is 293 Å². The van der Waals surface area contributed by atoms with Gasteiger partial charge in [0.1, 0.15) is 5.97 Å². The summed E-state index contributed by atoms with van der Waals surface area (Å²) in [6.07, 6.45) is -8.45. The van der Waals surface area contributed by atoms with Crippen molar-refractivity contribution in [3.8, 4) is 0 Å². The Bertz CT molecular complexity index is 1450. The van der Waals surface area contributed by atoms with Crippen molar-refractivity contribution in [2.24, 2.45) is 0 Å². The van der Waals surface area contributed by atoms with Crippen LogP contribution in [0.15, 0.2) is 0 Å². The summed E-state index contributed by atoms with van der Waals surface area (Å²) in [5.74, 6) is -162. The van der Waals surface area contributed by atoms with Crippen LogP contribution >= 0.6 is 0 Å². The number of aliphatic carboxylic acids is 1. The van der Waals surface area contributed by atoms with Gasteiger partial charge < -0.3 is 9.90 Å². The molecule has 2 nitrogen and oxygen atoms in total. The van der Waals surface area contributed by atoms with E-state index in [1.165, 1.54) is 0 Å². The maximum atomic E-state index is 13.8. The summed E-state index contributed by atoms with van der Waals surface area (Å²) in [6.45, 7) is 0. The molecule has 0 aromatic carbocycles. The van der Waals surface area contributed by atoms with Crippen LogP contribution < -0.4 is 5.11 Å². The Morgan fingerprint density at radius 1 is 0.232 bits per heavy atom. The first kappa shape index (κ1) is 55.9. The predicted molar refractivity (Wildman–Crippen MR) is 90.2 cm³/mol. The number of hydrogen-bond donors (Lipinski definition) is 0. The largest absolute Gasteiger partial charge is 1.00 e. The molecular formula is C18AgF35O2. The monoisotopic (exact) mass is 1020 g/mol. The minimum absolute atomic E-state index is 0. The van der Waals surface area contributed by atoms with E-state index in [9.17, 15) is 164 Å². The molecule has 340 valence electrons. The number of carboxylic acids is 1. The molecule has 0 saturated heterocycles. The van der Waals surface area contributed by atoms with Crippen LogP contribution in [0.25, 0.3) is 0 Å². The van der Waals surface area contributed by atoms with E-state index in [0.717, 1.165) is 0 Å². The number of carbonyl (C=O) groups excluding carboxylic acids is 1. The molecule has 0 aliphatic rings. The van der Waals surface area contributed by atoms with Crippen LogP contribution in [-0.2, 0) is 27.2 Å². The van der Waals surface area contributed by atoms with Crippen LogP contribution in [-0.4, -0.2) is 107 Å². The Hall–Kier alpha value is -2.24. The van der Waals surface area contributed by atoms with E-state index in [1.54, 1.807) is 0 Å². The number of rotatable bonds is 16. The zero-order chi connectivity index (χ0) is 46.1. The molecule has 0 fully saturated rings. The fourth-order valence-corrected chi connectivity index (χ4v) is 3.07. The van der Waals surface area contributed by atoms with E-state index in [0.29, 0.717) is 0 Å². The third-order valence-corrected chi connectivity index (χ3v) is 6.53. The molecule has 0 radical (unpaired) electrons. The first-order chi connectivity index (χ1) is 22.9. The molecule has 0 amide bonds. The van der Waals surface area contributed by atoms with Gasteiger partial charge in [-0.15, -0.1) is 0 Å². The quantitative estimate of drug-likeness (QED) is 0.114. The molecule has 0 unspecified atom stereocenters. The van der Waals surface area contributed by atoms with Crippen molar-refractivity contribution in [1.29, 1.82) is 0 Å². The van der Waals surface area contributed by atoms with Crippen LogP contribution in [0.4, 0.5) is 154 Å². The third kappa shape index (κ3) is 6.11. The summed E-state index contributed by atoms with van der Waals surface area (Å²) >= 11 is 0. The minimum atomic E-state index is -10.4. The standard InChI is InChI=1S/C18HF35O2.Ag/c19-2(20,1(54)55)3(21,22)4(23,24)5(25,26)6(27,28)7(29,30)8(31,32)9(33,34)10(35,36)11(37,38)12(39,40)13(41,42)14(43,44)15(45,46)16(47,48)17(49,50)18(51,52)53;/h(H,54,55);/q;+1/p-1. The number of alkyl halides is 35. The molecule has 0 heterocycles. The number of carboxylic acid groups (broad SMARTS) is 1. The summed E-state index contributed by atoms with van der Waals surface area (Å²) in [5.41, 5.74) is 0. The molecule has 0 rings (SSSR count). The van der Waals surface area contributed by atoms with Crippen LogP contribution in [0, 0.1) is 0 Å². The molecule has 0 bridgehead atoms. The van der Waals surface area contributed by atoms with Crippen LogP contribution in [0.5, 0.6) is 0 Å². The molecule has 0 saturated carbocycles. The topological polar surface area (TPSA) is 40.1 Å². The van der Waals surface area contributed by atoms with Gasteiger partial charge in [-0.1, -0.05) is 0 Å². The van der Waals surface area contributed by atoms with Crippen molar-refractivity contribution in [3.63, 3.8) is 0 Å². The fraction of sp³-hybridized carbons (Fsp3) is 0.944. The summed E-state index contributed by atoms with van der Waals surface area (Å²) in [5, 5.41) is 9.84. The molecule has 38 heteroatoms. The number of carbonyl (C=O) groups is 1. The maximum Gasteiger partial charge on any atom is 1.00 e. The van der Waals surface area contributed by atoms with Gasteiger partial charge in [0.15, 0.2) is 0 Å². The van der Waals surface area contributed by atoms with Crippen LogP contribution in [0.2, 0.25) is 0 Å². The second-order valence-corrected chi connectivity index (χ2v) is 9.98. The second kappa shape index (κ2) is 13.4. The molecular weight excluding hydrogens is 1020 g/mol. The number of halogens is 35. The zero-order valence-corrected chi connectivity index (χ0v) is 24.8. The van der Waals surface area contributed by atoms with E-state index in [2.05, 4.69) is 0 Å². The molecule has 0 aromatic rings. The van der Waals surface area contributed by atoms with E-state index >= 15 is 0 Å². The van der Waals surface area contributed by atoms with Gasteiger partial charge in [-0.05, 0) is 0 Å². The summed E-state index contributed by atoms with van der Waals surface area (Å²) in [4.78, 5) is 9.84. The van der Waals surface area contributed by atoms with E-state index in [1.807, 2.05) is 0 Å². The summed E-state index contributed by atoms with van der Waals surface area (Å²) in [6, 6.07) is 0. The fourth-order valence-electron chi connectivity index (χ4n) is 3.07. The molecule has 0 aliphatic heterocycles. The molecule has 0 aromatic heterocycles. The van der Waals surface area contributed by atoms with Gasteiger partial charge in [-0.3, -0.25) is 0 Å². The molecule has 0 N–H and O–H groups in total. The Balaban J connectivity index is 0.